The van der Waals surface area contributed by atoms with Gasteiger partial charge < -0.3 is 5.73 Å². The Bertz CT molecular complexity index is 454. The second-order valence-electron chi connectivity index (χ2n) is 3.55. The van der Waals surface area contributed by atoms with Gasteiger partial charge in [0.15, 0.2) is 5.82 Å². The molecular weight excluding hydrogens is 190 g/mol. The van der Waals surface area contributed by atoms with Crippen LogP contribution in [0.1, 0.15) is 17.0 Å². The lowest BCUT2D eigenvalue weighted by molar-refractivity contribution is 0.716. The Morgan fingerprint density at radius 2 is 1.87 bits per heavy atom. The van der Waals surface area contributed by atoms with Crippen molar-refractivity contribution in [2.75, 3.05) is 0 Å². The van der Waals surface area contributed by atoms with Gasteiger partial charge in [0.1, 0.15) is 0 Å². The Morgan fingerprint density at radius 1 is 1.20 bits per heavy atom. The minimum absolute atomic E-state index is 0.310. The first kappa shape index (κ1) is 9.79. The van der Waals surface area contributed by atoms with Crippen molar-refractivity contribution in [3.8, 4) is 5.69 Å². The van der Waals surface area contributed by atoms with Crippen molar-refractivity contribution < 1.29 is 0 Å². The summed E-state index contributed by atoms with van der Waals surface area (Å²) in [7, 11) is 0. The largest absolute Gasteiger partial charge is 0.324 e. The molecule has 2 N–H and O–H groups in total. The van der Waals surface area contributed by atoms with Crippen LogP contribution in [0.4, 0.5) is 0 Å². The van der Waals surface area contributed by atoms with Gasteiger partial charge in [0.2, 0.25) is 0 Å². The molecule has 5 heteroatoms. The van der Waals surface area contributed by atoms with Crippen LogP contribution in [0.5, 0.6) is 0 Å². The first-order valence-electron chi connectivity index (χ1n) is 4.76. The molecule has 0 aliphatic heterocycles. The Labute approximate surface area is 87.9 Å². The summed E-state index contributed by atoms with van der Waals surface area (Å²) in [5, 5.41) is 11.9. The van der Waals surface area contributed by atoms with Gasteiger partial charge >= 0.3 is 0 Å². The van der Waals surface area contributed by atoms with Gasteiger partial charge in [-0.05, 0) is 42.3 Å². The van der Waals surface area contributed by atoms with Crippen molar-refractivity contribution in [1.29, 1.82) is 0 Å². The fourth-order valence-electron chi connectivity index (χ4n) is 1.50. The van der Waals surface area contributed by atoms with Gasteiger partial charge in [-0.25, -0.2) is 0 Å². The fraction of sp³-hybridized carbons (Fsp3) is 0.300. The van der Waals surface area contributed by atoms with Crippen LogP contribution in [0.15, 0.2) is 18.2 Å². The summed E-state index contributed by atoms with van der Waals surface area (Å²) < 4.78 is 0. The maximum Gasteiger partial charge on any atom is 0.188 e. The number of hydrogen-bond acceptors (Lipinski definition) is 4. The van der Waals surface area contributed by atoms with E-state index < -0.39 is 0 Å². The number of nitrogens with zero attached hydrogens (tertiary/aromatic N) is 4. The monoisotopic (exact) mass is 203 g/mol. The van der Waals surface area contributed by atoms with E-state index in [1.807, 2.05) is 26.0 Å². The van der Waals surface area contributed by atoms with Crippen molar-refractivity contribution in [3.05, 3.63) is 35.2 Å². The average Bonchev–Trinajstić information content (AvgIpc) is 2.64. The van der Waals surface area contributed by atoms with Crippen LogP contribution >= 0.6 is 0 Å². The number of aryl methyl sites for hydroxylation is 2. The molecule has 2 aromatic rings. The molecule has 78 valence electrons. The molecule has 1 aromatic carbocycles. The van der Waals surface area contributed by atoms with Gasteiger partial charge in [-0.3, -0.25) is 0 Å². The van der Waals surface area contributed by atoms with E-state index in [1.165, 1.54) is 15.9 Å². The summed E-state index contributed by atoms with van der Waals surface area (Å²) in [6, 6.07) is 6.12. The van der Waals surface area contributed by atoms with E-state index in [2.05, 4.69) is 21.5 Å². The summed E-state index contributed by atoms with van der Waals surface area (Å²) in [6.45, 7) is 4.39. The van der Waals surface area contributed by atoms with E-state index in [4.69, 9.17) is 5.73 Å². The summed E-state index contributed by atoms with van der Waals surface area (Å²) >= 11 is 0. The fourth-order valence-corrected chi connectivity index (χ4v) is 1.50. The molecule has 0 saturated heterocycles. The van der Waals surface area contributed by atoms with E-state index in [9.17, 15) is 0 Å². The molecule has 0 spiro atoms. The maximum atomic E-state index is 5.42. The Kier molecular flexibility index (Phi) is 2.47. The second-order valence-corrected chi connectivity index (χ2v) is 3.55. The molecule has 0 bridgehead atoms. The molecular formula is C10H13N5. The van der Waals surface area contributed by atoms with Gasteiger partial charge in [-0.2, -0.15) is 0 Å². The smallest absolute Gasteiger partial charge is 0.188 e. The SMILES string of the molecule is Cc1cc(C)cc(-n2nnc(CN)n2)c1. The summed E-state index contributed by atoms with van der Waals surface area (Å²) in [5.74, 6) is 0.550. The molecule has 0 fully saturated rings. The number of hydrogen-bond donors (Lipinski definition) is 1. The van der Waals surface area contributed by atoms with E-state index in [-0.39, 0.29) is 0 Å². The van der Waals surface area contributed by atoms with Crippen molar-refractivity contribution >= 4 is 0 Å². The zero-order valence-electron chi connectivity index (χ0n) is 8.81. The van der Waals surface area contributed by atoms with E-state index in [0.29, 0.717) is 12.4 Å². The van der Waals surface area contributed by atoms with Gasteiger partial charge in [0, 0.05) is 0 Å². The molecule has 0 aliphatic carbocycles. The lowest BCUT2D eigenvalue weighted by Gasteiger charge is -2.01. The predicted octanol–water partition coefficient (Wildman–Crippen LogP) is 0.738. The van der Waals surface area contributed by atoms with Crippen LogP contribution in [0.2, 0.25) is 0 Å². The first-order valence-corrected chi connectivity index (χ1v) is 4.76. The molecule has 2 rings (SSSR count). The van der Waals surface area contributed by atoms with Crippen molar-refractivity contribution in [1.82, 2.24) is 20.2 Å². The predicted molar refractivity (Wildman–Crippen MR) is 56.5 cm³/mol. The number of tetrazole rings is 1. The van der Waals surface area contributed by atoms with E-state index in [0.717, 1.165) is 5.69 Å². The molecule has 0 unspecified atom stereocenters. The first-order chi connectivity index (χ1) is 7.19. The van der Waals surface area contributed by atoms with Crippen LogP contribution < -0.4 is 5.73 Å². The summed E-state index contributed by atoms with van der Waals surface area (Å²) in [5.41, 5.74) is 8.69. The number of aromatic nitrogens is 4. The van der Waals surface area contributed by atoms with Crippen LogP contribution in [0.3, 0.4) is 0 Å². The molecule has 15 heavy (non-hydrogen) atoms. The van der Waals surface area contributed by atoms with Crippen LogP contribution in [0.25, 0.3) is 5.69 Å². The third kappa shape index (κ3) is 2.02. The number of nitrogens with two attached hydrogens (primary N) is 1. The molecule has 0 atom stereocenters. The highest BCUT2D eigenvalue weighted by Gasteiger charge is 2.03. The van der Waals surface area contributed by atoms with Gasteiger partial charge in [0.25, 0.3) is 0 Å². The maximum absolute atomic E-state index is 5.42. The number of rotatable bonds is 2. The molecule has 1 heterocycles. The lowest BCUT2D eigenvalue weighted by Crippen LogP contribution is -2.02. The zero-order valence-corrected chi connectivity index (χ0v) is 8.81. The lowest BCUT2D eigenvalue weighted by atomic mass is 10.1. The minimum atomic E-state index is 0.310. The molecule has 0 aliphatic rings. The molecule has 5 nitrogen and oxygen atoms in total. The molecule has 0 amide bonds. The van der Waals surface area contributed by atoms with E-state index in [1.54, 1.807) is 0 Å². The summed E-state index contributed by atoms with van der Waals surface area (Å²) in [6.07, 6.45) is 0. The quantitative estimate of drug-likeness (QED) is 0.781. The highest BCUT2D eigenvalue weighted by Crippen LogP contribution is 2.11. The van der Waals surface area contributed by atoms with Gasteiger partial charge in [-0.1, -0.05) is 6.07 Å². The topological polar surface area (TPSA) is 69.6 Å². The van der Waals surface area contributed by atoms with Crippen LogP contribution in [-0.4, -0.2) is 20.2 Å². The van der Waals surface area contributed by atoms with Crippen LogP contribution in [0, 0.1) is 13.8 Å². The Hall–Kier alpha value is -1.75. The van der Waals surface area contributed by atoms with Gasteiger partial charge in [0.05, 0.1) is 12.2 Å². The number of benzene rings is 1. The molecule has 0 saturated carbocycles. The Balaban J connectivity index is 2.44. The standard InChI is InChI=1S/C10H13N5/c1-7-3-8(2)5-9(4-7)15-13-10(6-11)12-14-15/h3-5H,6,11H2,1-2H3. The van der Waals surface area contributed by atoms with Crippen LogP contribution in [-0.2, 0) is 6.54 Å². The third-order valence-electron chi connectivity index (χ3n) is 2.07. The van der Waals surface area contributed by atoms with Crippen molar-refractivity contribution in [3.63, 3.8) is 0 Å². The van der Waals surface area contributed by atoms with Gasteiger partial charge in [-0.15, -0.1) is 15.0 Å². The highest BCUT2D eigenvalue weighted by atomic mass is 15.6. The normalized spacial score (nSPS) is 10.6. The second kappa shape index (κ2) is 3.78. The third-order valence-corrected chi connectivity index (χ3v) is 2.07. The average molecular weight is 203 g/mol. The van der Waals surface area contributed by atoms with Crippen molar-refractivity contribution in [2.45, 2.75) is 20.4 Å². The highest BCUT2D eigenvalue weighted by molar-refractivity contribution is 5.37. The zero-order chi connectivity index (χ0) is 10.8. The summed E-state index contributed by atoms with van der Waals surface area (Å²) in [4.78, 5) is 1.50. The molecule has 0 radical (unpaired) electrons. The molecule has 1 aromatic heterocycles. The Morgan fingerprint density at radius 3 is 2.40 bits per heavy atom. The minimum Gasteiger partial charge on any atom is -0.324 e. The van der Waals surface area contributed by atoms with E-state index >= 15 is 0 Å². The van der Waals surface area contributed by atoms with Crippen molar-refractivity contribution in [2.24, 2.45) is 5.73 Å².